The average molecular weight is 262 g/mol. The maximum Gasteiger partial charge on any atom is 0.110 e. The Morgan fingerprint density at radius 3 is 2.30 bits per heavy atom. The number of aliphatic hydroxyl groups excluding tert-OH is 2. The van der Waals surface area contributed by atoms with Gasteiger partial charge in [-0.2, -0.15) is 0 Å². The molecule has 2 nitrogen and oxygen atoms in total. The fraction of sp³-hybridized carbons (Fsp3) is 0.111. The molecule has 98 valence electrons. The molecule has 1 aliphatic carbocycles. The predicted octanol–water partition coefficient (Wildman–Crippen LogP) is 3.59. The van der Waals surface area contributed by atoms with Gasteiger partial charge in [-0.05, 0) is 33.0 Å². The van der Waals surface area contributed by atoms with Crippen LogP contribution in [0.3, 0.4) is 0 Å². The molecule has 3 aromatic rings. The second-order valence-corrected chi connectivity index (χ2v) is 5.22. The first kappa shape index (κ1) is 11.6. The van der Waals surface area contributed by atoms with E-state index in [0.717, 1.165) is 33.0 Å². The van der Waals surface area contributed by atoms with Gasteiger partial charge in [0.1, 0.15) is 12.2 Å². The Kier molecular flexibility index (Phi) is 2.43. The summed E-state index contributed by atoms with van der Waals surface area (Å²) in [5, 5.41) is 23.0. The van der Waals surface area contributed by atoms with Gasteiger partial charge in [-0.15, -0.1) is 0 Å². The van der Waals surface area contributed by atoms with E-state index in [4.69, 9.17) is 0 Å². The zero-order valence-electron chi connectivity index (χ0n) is 10.8. The summed E-state index contributed by atoms with van der Waals surface area (Å²) >= 11 is 0. The summed E-state index contributed by atoms with van der Waals surface area (Å²) in [5.74, 6) is 0. The van der Waals surface area contributed by atoms with E-state index < -0.39 is 12.2 Å². The molecule has 2 N–H and O–H groups in total. The minimum Gasteiger partial charge on any atom is -0.385 e. The molecule has 0 aromatic heterocycles. The van der Waals surface area contributed by atoms with Gasteiger partial charge in [0, 0.05) is 0 Å². The number of hydrogen-bond donors (Lipinski definition) is 2. The summed E-state index contributed by atoms with van der Waals surface area (Å²) in [6, 6.07) is 19.8. The lowest BCUT2D eigenvalue weighted by molar-refractivity contribution is 0.0167. The van der Waals surface area contributed by atoms with Crippen LogP contribution < -0.4 is 0 Å². The van der Waals surface area contributed by atoms with Gasteiger partial charge in [0.2, 0.25) is 0 Å². The number of rotatable bonds is 0. The summed E-state index contributed by atoms with van der Waals surface area (Å²) in [4.78, 5) is 0. The molecule has 0 fully saturated rings. The Labute approximate surface area is 116 Å². The summed E-state index contributed by atoms with van der Waals surface area (Å²) < 4.78 is 0. The highest BCUT2D eigenvalue weighted by atomic mass is 16.3. The zero-order valence-corrected chi connectivity index (χ0v) is 10.8. The largest absolute Gasteiger partial charge is 0.385 e. The monoisotopic (exact) mass is 262 g/mol. The van der Waals surface area contributed by atoms with Gasteiger partial charge in [0.05, 0.1) is 0 Å². The Morgan fingerprint density at radius 2 is 1.40 bits per heavy atom. The number of aliphatic hydroxyl groups is 2. The van der Waals surface area contributed by atoms with Crippen molar-refractivity contribution in [3.05, 3.63) is 71.8 Å². The smallest absolute Gasteiger partial charge is 0.110 e. The molecular formula is C18H14O2. The molecule has 1 aliphatic rings. The predicted molar refractivity (Wildman–Crippen MR) is 79.3 cm³/mol. The standard InChI is InChI=1S/C18H14O2/c19-17-15-8-4-3-7-13(15)14-10-9-11-5-1-2-6-12(11)16(14)18(17)20/h1-10,17-20H. The van der Waals surface area contributed by atoms with Gasteiger partial charge >= 0.3 is 0 Å². The second-order valence-electron chi connectivity index (χ2n) is 5.22. The lowest BCUT2D eigenvalue weighted by Crippen LogP contribution is -2.17. The van der Waals surface area contributed by atoms with Crippen molar-refractivity contribution in [2.24, 2.45) is 0 Å². The van der Waals surface area contributed by atoms with Crippen molar-refractivity contribution in [3.8, 4) is 11.1 Å². The lowest BCUT2D eigenvalue weighted by atomic mass is 9.80. The molecule has 0 saturated heterocycles. The van der Waals surface area contributed by atoms with Crippen LogP contribution in [-0.4, -0.2) is 10.2 Å². The zero-order chi connectivity index (χ0) is 13.7. The third-order valence-corrected chi connectivity index (χ3v) is 4.14. The van der Waals surface area contributed by atoms with Crippen LogP contribution in [-0.2, 0) is 0 Å². The van der Waals surface area contributed by atoms with Crippen LogP contribution in [0.5, 0.6) is 0 Å². The highest BCUT2D eigenvalue weighted by molar-refractivity contribution is 5.93. The summed E-state index contributed by atoms with van der Waals surface area (Å²) in [6.07, 6.45) is -1.75. The maximum absolute atomic E-state index is 10.5. The quantitative estimate of drug-likeness (QED) is 0.650. The van der Waals surface area contributed by atoms with Crippen molar-refractivity contribution in [2.45, 2.75) is 12.2 Å². The first-order chi connectivity index (χ1) is 9.77. The van der Waals surface area contributed by atoms with Gasteiger partial charge in [-0.1, -0.05) is 60.7 Å². The lowest BCUT2D eigenvalue weighted by Gasteiger charge is -2.30. The van der Waals surface area contributed by atoms with Crippen LogP contribution in [0.4, 0.5) is 0 Å². The van der Waals surface area contributed by atoms with Gasteiger partial charge in [0.15, 0.2) is 0 Å². The second kappa shape index (κ2) is 4.17. The fourth-order valence-corrected chi connectivity index (χ4v) is 3.18. The molecule has 20 heavy (non-hydrogen) atoms. The highest BCUT2D eigenvalue weighted by Gasteiger charge is 2.31. The minimum absolute atomic E-state index is 0.794. The SMILES string of the molecule is OC1c2ccccc2-c2ccc3ccccc3c2C1O. The number of fused-ring (bicyclic) bond motifs is 5. The molecule has 3 aromatic carbocycles. The van der Waals surface area contributed by atoms with Gasteiger partial charge in [-0.25, -0.2) is 0 Å². The third-order valence-electron chi connectivity index (χ3n) is 4.14. The molecular weight excluding hydrogens is 248 g/mol. The van der Waals surface area contributed by atoms with E-state index in [1.807, 2.05) is 54.6 Å². The van der Waals surface area contributed by atoms with Crippen molar-refractivity contribution >= 4 is 10.8 Å². The van der Waals surface area contributed by atoms with E-state index in [0.29, 0.717) is 0 Å². The first-order valence-electron chi connectivity index (χ1n) is 6.74. The van der Waals surface area contributed by atoms with E-state index in [2.05, 4.69) is 6.07 Å². The summed E-state index contributed by atoms with van der Waals surface area (Å²) in [6.45, 7) is 0. The minimum atomic E-state index is -0.883. The molecule has 2 heteroatoms. The summed E-state index contributed by atoms with van der Waals surface area (Å²) in [7, 11) is 0. The van der Waals surface area contributed by atoms with Crippen molar-refractivity contribution in [3.63, 3.8) is 0 Å². The normalized spacial score (nSPS) is 20.5. The molecule has 4 rings (SSSR count). The Hall–Kier alpha value is -2.16. The van der Waals surface area contributed by atoms with Gasteiger partial charge in [0.25, 0.3) is 0 Å². The van der Waals surface area contributed by atoms with Crippen molar-refractivity contribution in [2.75, 3.05) is 0 Å². The molecule has 0 spiro atoms. The molecule has 0 bridgehead atoms. The van der Waals surface area contributed by atoms with E-state index in [1.54, 1.807) is 0 Å². The number of benzene rings is 3. The molecule has 2 atom stereocenters. The van der Waals surface area contributed by atoms with Crippen LogP contribution in [0, 0.1) is 0 Å². The van der Waals surface area contributed by atoms with Crippen LogP contribution in [0.15, 0.2) is 60.7 Å². The van der Waals surface area contributed by atoms with Crippen LogP contribution in [0.2, 0.25) is 0 Å². The van der Waals surface area contributed by atoms with E-state index in [-0.39, 0.29) is 0 Å². The molecule has 0 aliphatic heterocycles. The Balaban J connectivity index is 2.14. The molecule has 0 radical (unpaired) electrons. The third kappa shape index (κ3) is 1.46. The molecule has 0 saturated carbocycles. The van der Waals surface area contributed by atoms with Gasteiger partial charge < -0.3 is 10.2 Å². The van der Waals surface area contributed by atoms with E-state index in [9.17, 15) is 10.2 Å². The van der Waals surface area contributed by atoms with E-state index >= 15 is 0 Å². The maximum atomic E-state index is 10.5. The van der Waals surface area contributed by atoms with Crippen LogP contribution in [0.25, 0.3) is 21.9 Å². The Morgan fingerprint density at radius 1 is 0.650 bits per heavy atom. The van der Waals surface area contributed by atoms with Crippen molar-refractivity contribution in [1.82, 2.24) is 0 Å². The van der Waals surface area contributed by atoms with Crippen LogP contribution in [0.1, 0.15) is 23.3 Å². The topological polar surface area (TPSA) is 40.5 Å². The van der Waals surface area contributed by atoms with Gasteiger partial charge in [-0.3, -0.25) is 0 Å². The fourth-order valence-electron chi connectivity index (χ4n) is 3.18. The molecule has 0 amide bonds. The van der Waals surface area contributed by atoms with Crippen molar-refractivity contribution in [1.29, 1.82) is 0 Å². The average Bonchev–Trinajstić information content (AvgIpc) is 2.51. The first-order valence-corrected chi connectivity index (χ1v) is 6.74. The van der Waals surface area contributed by atoms with Crippen LogP contribution >= 0.6 is 0 Å². The summed E-state index contributed by atoms with van der Waals surface area (Å²) in [5.41, 5.74) is 3.64. The Bertz CT molecular complexity index is 807. The number of hydrogen-bond acceptors (Lipinski definition) is 2. The van der Waals surface area contributed by atoms with Crippen molar-refractivity contribution < 1.29 is 10.2 Å². The molecule has 0 heterocycles. The van der Waals surface area contributed by atoms with E-state index in [1.165, 1.54) is 0 Å². The highest BCUT2D eigenvalue weighted by Crippen LogP contribution is 2.46. The molecule has 2 unspecified atom stereocenters.